The summed E-state index contributed by atoms with van der Waals surface area (Å²) in [5.74, 6) is 0.988. The van der Waals surface area contributed by atoms with Crippen molar-refractivity contribution in [1.82, 2.24) is 19.9 Å². The number of benzene rings is 1. The lowest BCUT2D eigenvalue weighted by atomic mass is 10.1. The summed E-state index contributed by atoms with van der Waals surface area (Å²) in [5, 5.41) is 4.41. The Bertz CT molecular complexity index is 1400. The van der Waals surface area contributed by atoms with Gasteiger partial charge in [0.15, 0.2) is 0 Å². The molecule has 1 aromatic carbocycles. The number of nitrogens with one attached hydrogen (secondary N) is 2. The monoisotopic (exact) mass is 413 g/mol. The van der Waals surface area contributed by atoms with Gasteiger partial charge in [-0.1, -0.05) is 6.07 Å². The number of hydrogen-bond acceptors (Lipinski definition) is 6. The van der Waals surface area contributed by atoms with E-state index in [2.05, 4.69) is 15.3 Å². The first-order chi connectivity index (χ1) is 15.0. The number of hydrogen-bond donors (Lipinski definition) is 2. The molecular formula is C23H19N5O3. The third kappa shape index (κ3) is 3.28. The molecule has 0 saturated heterocycles. The molecule has 2 N–H and O–H groups in total. The third-order valence-corrected chi connectivity index (χ3v) is 5.36. The quantitative estimate of drug-likeness (QED) is 0.532. The van der Waals surface area contributed by atoms with Gasteiger partial charge in [0.25, 0.3) is 11.5 Å². The van der Waals surface area contributed by atoms with E-state index >= 15 is 0 Å². The second-order valence-electron chi connectivity index (χ2n) is 7.40. The Hall–Kier alpha value is -4.20. The number of H-pyrrole nitrogens is 1. The number of ether oxygens (including phenoxy) is 1. The first-order valence-corrected chi connectivity index (χ1v) is 9.71. The normalized spacial score (nSPS) is 12.8. The molecule has 8 nitrogen and oxygen atoms in total. The molecule has 0 aliphatic carbocycles. The number of methoxy groups -OCH3 is 1. The van der Waals surface area contributed by atoms with Crippen molar-refractivity contribution in [2.24, 2.45) is 0 Å². The molecule has 0 bridgehead atoms. The van der Waals surface area contributed by atoms with Crippen molar-refractivity contribution in [3.8, 4) is 17.0 Å². The van der Waals surface area contributed by atoms with Crippen molar-refractivity contribution in [2.45, 2.75) is 6.54 Å². The SMILES string of the molecule is COc1cncc(-c2cc3cc[nH]c(=O)c3c(Nc3ccc4c(c3)C(=O)N(C)C4)n2)c1. The fourth-order valence-electron chi connectivity index (χ4n) is 3.78. The number of carbonyl (C=O) groups excluding carboxylic acids is 1. The van der Waals surface area contributed by atoms with Crippen LogP contribution in [-0.4, -0.2) is 39.9 Å². The Morgan fingerprint density at radius 2 is 2.00 bits per heavy atom. The van der Waals surface area contributed by atoms with Crippen LogP contribution < -0.4 is 15.6 Å². The highest BCUT2D eigenvalue weighted by molar-refractivity contribution is 6.00. The van der Waals surface area contributed by atoms with Crippen LogP contribution in [0.5, 0.6) is 5.75 Å². The summed E-state index contributed by atoms with van der Waals surface area (Å²) in [6.07, 6.45) is 4.91. The minimum absolute atomic E-state index is 0.0227. The summed E-state index contributed by atoms with van der Waals surface area (Å²) in [6.45, 7) is 0.591. The maximum Gasteiger partial charge on any atom is 0.259 e. The summed E-state index contributed by atoms with van der Waals surface area (Å²) in [4.78, 5) is 38.3. The van der Waals surface area contributed by atoms with E-state index in [9.17, 15) is 9.59 Å². The van der Waals surface area contributed by atoms with Gasteiger partial charge in [0.05, 0.1) is 24.4 Å². The van der Waals surface area contributed by atoms with Gasteiger partial charge in [0.1, 0.15) is 11.6 Å². The lowest BCUT2D eigenvalue weighted by molar-refractivity contribution is 0.0816. The van der Waals surface area contributed by atoms with Gasteiger partial charge in [0.2, 0.25) is 0 Å². The fraction of sp³-hybridized carbons (Fsp3) is 0.130. The first-order valence-electron chi connectivity index (χ1n) is 9.71. The van der Waals surface area contributed by atoms with Gasteiger partial charge in [-0.15, -0.1) is 0 Å². The van der Waals surface area contributed by atoms with Crippen LogP contribution in [0.25, 0.3) is 22.0 Å². The predicted molar refractivity (Wildman–Crippen MR) is 118 cm³/mol. The molecule has 1 aliphatic rings. The highest BCUT2D eigenvalue weighted by Crippen LogP contribution is 2.30. The van der Waals surface area contributed by atoms with Crippen LogP contribution in [0.2, 0.25) is 0 Å². The molecular weight excluding hydrogens is 394 g/mol. The number of pyridine rings is 3. The molecule has 3 aromatic heterocycles. The molecule has 31 heavy (non-hydrogen) atoms. The summed E-state index contributed by atoms with van der Waals surface area (Å²) < 4.78 is 5.27. The van der Waals surface area contributed by atoms with E-state index in [4.69, 9.17) is 9.72 Å². The first kappa shape index (κ1) is 18.8. The van der Waals surface area contributed by atoms with E-state index in [1.165, 1.54) is 0 Å². The molecule has 4 heterocycles. The average Bonchev–Trinajstić information content (AvgIpc) is 3.07. The van der Waals surface area contributed by atoms with Crippen molar-refractivity contribution in [3.05, 3.63) is 76.5 Å². The molecule has 0 radical (unpaired) electrons. The molecule has 0 unspecified atom stereocenters. The molecule has 1 amide bonds. The van der Waals surface area contributed by atoms with Gasteiger partial charge >= 0.3 is 0 Å². The summed E-state index contributed by atoms with van der Waals surface area (Å²) in [6, 6.07) is 11.1. The molecule has 0 fully saturated rings. The molecule has 4 aromatic rings. The molecule has 1 aliphatic heterocycles. The fourth-order valence-corrected chi connectivity index (χ4v) is 3.78. The van der Waals surface area contributed by atoms with Crippen LogP contribution >= 0.6 is 0 Å². The number of fused-ring (bicyclic) bond motifs is 2. The minimum Gasteiger partial charge on any atom is -0.495 e. The van der Waals surface area contributed by atoms with Gasteiger partial charge in [-0.2, -0.15) is 0 Å². The zero-order chi connectivity index (χ0) is 21.5. The Morgan fingerprint density at radius 3 is 2.84 bits per heavy atom. The number of aromatic nitrogens is 3. The Balaban J connectivity index is 1.64. The van der Waals surface area contributed by atoms with Crippen LogP contribution in [-0.2, 0) is 6.54 Å². The van der Waals surface area contributed by atoms with Gasteiger partial charge in [0, 0.05) is 42.8 Å². The molecule has 8 heteroatoms. The summed E-state index contributed by atoms with van der Waals surface area (Å²) >= 11 is 0. The molecule has 5 rings (SSSR count). The lowest BCUT2D eigenvalue weighted by Crippen LogP contribution is -2.17. The van der Waals surface area contributed by atoms with Crippen molar-refractivity contribution in [1.29, 1.82) is 0 Å². The van der Waals surface area contributed by atoms with Crippen LogP contribution in [0.15, 0.2) is 59.8 Å². The van der Waals surface area contributed by atoms with E-state index in [1.54, 1.807) is 43.7 Å². The molecule has 154 valence electrons. The van der Waals surface area contributed by atoms with Crippen molar-refractivity contribution < 1.29 is 9.53 Å². The molecule has 0 saturated carbocycles. The van der Waals surface area contributed by atoms with Crippen LogP contribution in [0.4, 0.5) is 11.5 Å². The predicted octanol–water partition coefficient (Wildman–Crippen LogP) is 3.32. The van der Waals surface area contributed by atoms with Gasteiger partial charge in [-0.3, -0.25) is 14.6 Å². The van der Waals surface area contributed by atoms with Crippen molar-refractivity contribution in [2.75, 3.05) is 19.5 Å². The summed E-state index contributed by atoms with van der Waals surface area (Å²) in [7, 11) is 3.35. The smallest absolute Gasteiger partial charge is 0.259 e. The number of carbonyl (C=O) groups is 1. The van der Waals surface area contributed by atoms with E-state index < -0.39 is 0 Å². The maximum atomic E-state index is 12.6. The van der Waals surface area contributed by atoms with E-state index in [0.717, 1.165) is 16.5 Å². The Morgan fingerprint density at radius 1 is 1.13 bits per heavy atom. The number of rotatable bonds is 4. The Kier molecular flexibility index (Phi) is 4.39. The lowest BCUT2D eigenvalue weighted by Gasteiger charge is -2.12. The largest absolute Gasteiger partial charge is 0.495 e. The zero-order valence-electron chi connectivity index (χ0n) is 17.0. The van der Waals surface area contributed by atoms with Crippen LogP contribution in [0.3, 0.4) is 0 Å². The number of aromatic amines is 1. The van der Waals surface area contributed by atoms with E-state index in [-0.39, 0.29) is 11.5 Å². The summed E-state index contributed by atoms with van der Waals surface area (Å²) in [5.41, 5.74) is 3.46. The maximum absolute atomic E-state index is 12.6. The second-order valence-corrected chi connectivity index (χ2v) is 7.40. The van der Waals surface area contributed by atoms with Crippen LogP contribution in [0.1, 0.15) is 15.9 Å². The highest BCUT2D eigenvalue weighted by Gasteiger charge is 2.24. The zero-order valence-corrected chi connectivity index (χ0v) is 17.0. The van der Waals surface area contributed by atoms with E-state index in [1.807, 2.05) is 30.3 Å². The third-order valence-electron chi connectivity index (χ3n) is 5.36. The van der Waals surface area contributed by atoms with Crippen molar-refractivity contribution in [3.63, 3.8) is 0 Å². The Labute approximate surface area is 177 Å². The second kappa shape index (κ2) is 7.24. The number of nitrogens with zero attached hydrogens (tertiary/aromatic N) is 3. The average molecular weight is 413 g/mol. The van der Waals surface area contributed by atoms with Crippen molar-refractivity contribution >= 4 is 28.2 Å². The standard InChI is InChI=1S/C23H19N5O3/c1-28-12-14-3-4-16(9-18(14)23(28)30)26-21-20-13(5-6-25-22(20)29)8-19(27-21)15-7-17(31-2)11-24-10-15/h3-11H,12H2,1-2H3,(H,25,29)(H,26,27). The molecule has 0 atom stereocenters. The topological polar surface area (TPSA) is 100 Å². The van der Waals surface area contributed by atoms with E-state index in [0.29, 0.717) is 40.4 Å². The van der Waals surface area contributed by atoms with Crippen LogP contribution in [0, 0.1) is 0 Å². The number of anilines is 2. The van der Waals surface area contributed by atoms with Gasteiger partial charge in [-0.05, 0) is 41.3 Å². The minimum atomic E-state index is -0.250. The molecule has 0 spiro atoms. The number of amides is 1. The highest BCUT2D eigenvalue weighted by atomic mass is 16.5. The van der Waals surface area contributed by atoms with Gasteiger partial charge < -0.3 is 19.9 Å². The van der Waals surface area contributed by atoms with Gasteiger partial charge in [-0.25, -0.2) is 4.98 Å².